The maximum atomic E-state index is 12.3. The minimum absolute atomic E-state index is 0.0822. The molecule has 0 unspecified atom stereocenters. The van der Waals surface area contributed by atoms with Crippen molar-refractivity contribution in [2.75, 3.05) is 6.61 Å². The summed E-state index contributed by atoms with van der Waals surface area (Å²) in [4.78, 5) is 14.6. The Hall–Kier alpha value is -1.72. The summed E-state index contributed by atoms with van der Waals surface area (Å²) in [5, 5.41) is 9.31. The van der Waals surface area contributed by atoms with Crippen LogP contribution in [0.15, 0.2) is 12.3 Å². The van der Waals surface area contributed by atoms with Crippen LogP contribution in [0.4, 0.5) is 8.78 Å². The maximum Gasteiger partial charge on any atom is 0.360 e. The van der Waals surface area contributed by atoms with Crippen molar-refractivity contribution in [3.8, 4) is 5.75 Å². The van der Waals surface area contributed by atoms with Crippen LogP contribution < -0.4 is 0 Å². The van der Waals surface area contributed by atoms with Gasteiger partial charge in [0.15, 0.2) is 11.4 Å². The van der Waals surface area contributed by atoms with Crippen molar-refractivity contribution >= 4 is 5.97 Å². The van der Waals surface area contributed by atoms with Crippen molar-refractivity contribution in [1.29, 1.82) is 0 Å². The molecule has 1 aromatic heterocycles. The molecule has 0 aliphatic carbocycles. The Morgan fingerprint density at radius 1 is 1.67 bits per heavy atom. The van der Waals surface area contributed by atoms with Crippen LogP contribution in [0.25, 0.3) is 0 Å². The summed E-state index contributed by atoms with van der Waals surface area (Å²) < 4.78 is 29.2. The van der Waals surface area contributed by atoms with E-state index in [1.54, 1.807) is 6.92 Å². The molecule has 0 aliphatic heterocycles. The van der Waals surface area contributed by atoms with Crippen molar-refractivity contribution in [1.82, 2.24) is 4.98 Å². The zero-order valence-electron chi connectivity index (χ0n) is 7.91. The van der Waals surface area contributed by atoms with Gasteiger partial charge < -0.3 is 9.84 Å². The minimum atomic E-state index is -2.86. The van der Waals surface area contributed by atoms with Crippen molar-refractivity contribution in [2.24, 2.45) is 0 Å². The zero-order valence-corrected chi connectivity index (χ0v) is 7.91. The lowest BCUT2D eigenvalue weighted by atomic mass is 10.2. The Kier molecular flexibility index (Phi) is 3.54. The van der Waals surface area contributed by atoms with Gasteiger partial charge in [0.25, 0.3) is 6.43 Å². The van der Waals surface area contributed by atoms with E-state index in [9.17, 15) is 18.7 Å². The summed E-state index contributed by atoms with van der Waals surface area (Å²) in [6, 6.07) is 0.947. The molecule has 4 nitrogen and oxygen atoms in total. The van der Waals surface area contributed by atoms with Crippen LogP contribution in [-0.4, -0.2) is 22.7 Å². The average Bonchev–Trinajstić information content (AvgIpc) is 2.17. The van der Waals surface area contributed by atoms with Crippen LogP contribution in [0.5, 0.6) is 5.75 Å². The fraction of sp³-hybridized carbons (Fsp3) is 0.333. The summed E-state index contributed by atoms with van der Waals surface area (Å²) in [7, 11) is 0. The van der Waals surface area contributed by atoms with Crippen LogP contribution in [0.2, 0.25) is 0 Å². The molecule has 82 valence electrons. The normalized spacial score (nSPS) is 10.4. The van der Waals surface area contributed by atoms with Crippen molar-refractivity contribution in [3.05, 3.63) is 23.5 Å². The highest BCUT2D eigenvalue weighted by Gasteiger charge is 2.21. The summed E-state index contributed by atoms with van der Waals surface area (Å²) in [6.07, 6.45) is -1.84. The van der Waals surface area contributed by atoms with E-state index in [1.165, 1.54) is 0 Å². The van der Waals surface area contributed by atoms with Gasteiger partial charge in [0.2, 0.25) is 0 Å². The van der Waals surface area contributed by atoms with E-state index in [1.807, 2.05) is 0 Å². The van der Waals surface area contributed by atoms with Gasteiger partial charge in [0.1, 0.15) is 0 Å². The van der Waals surface area contributed by atoms with Gasteiger partial charge in [-0.1, -0.05) is 0 Å². The molecule has 0 spiro atoms. The number of aromatic nitrogens is 1. The first-order valence-corrected chi connectivity index (χ1v) is 4.21. The number of alkyl halides is 2. The minimum Gasteiger partial charge on any atom is -0.505 e. The Labute approximate surface area is 84.5 Å². The lowest BCUT2D eigenvalue weighted by molar-refractivity contribution is 0.0514. The molecule has 0 saturated heterocycles. The van der Waals surface area contributed by atoms with Crippen LogP contribution in [-0.2, 0) is 4.74 Å². The van der Waals surface area contributed by atoms with Gasteiger partial charge in [-0.05, 0) is 13.0 Å². The van der Waals surface area contributed by atoms with Gasteiger partial charge in [0.05, 0.1) is 12.2 Å². The molecule has 0 amide bonds. The molecule has 1 rings (SSSR count). The highest BCUT2D eigenvalue weighted by Crippen LogP contribution is 2.29. The first-order chi connectivity index (χ1) is 7.07. The lowest BCUT2D eigenvalue weighted by Crippen LogP contribution is -2.08. The second-order valence-corrected chi connectivity index (χ2v) is 2.62. The van der Waals surface area contributed by atoms with Gasteiger partial charge in [-0.3, -0.25) is 0 Å². The molecule has 15 heavy (non-hydrogen) atoms. The summed E-state index contributed by atoms with van der Waals surface area (Å²) in [5.41, 5.74) is -1.12. The van der Waals surface area contributed by atoms with Crippen LogP contribution in [0, 0.1) is 0 Å². The van der Waals surface area contributed by atoms with E-state index < -0.39 is 29.4 Å². The molecular formula is C9H9F2NO3. The molecule has 0 fully saturated rings. The molecule has 0 aromatic carbocycles. The third kappa shape index (κ3) is 2.39. The molecule has 0 saturated carbocycles. The van der Waals surface area contributed by atoms with Gasteiger partial charge in [-0.25, -0.2) is 18.6 Å². The van der Waals surface area contributed by atoms with Gasteiger partial charge >= 0.3 is 5.97 Å². The van der Waals surface area contributed by atoms with E-state index in [4.69, 9.17) is 0 Å². The monoisotopic (exact) mass is 217 g/mol. The molecule has 0 radical (unpaired) electrons. The topological polar surface area (TPSA) is 59.4 Å². The van der Waals surface area contributed by atoms with Crippen LogP contribution in [0.1, 0.15) is 29.4 Å². The predicted octanol–water partition coefficient (Wildman–Crippen LogP) is 1.90. The number of hydrogen-bond donors (Lipinski definition) is 1. The van der Waals surface area contributed by atoms with Gasteiger partial charge in [-0.15, -0.1) is 0 Å². The third-order valence-electron chi connectivity index (χ3n) is 1.66. The summed E-state index contributed by atoms with van der Waals surface area (Å²) in [5.74, 6) is -1.75. The molecule has 1 aromatic rings. The number of rotatable bonds is 3. The van der Waals surface area contributed by atoms with E-state index in [0.29, 0.717) is 0 Å². The van der Waals surface area contributed by atoms with E-state index in [0.717, 1.165) is 12.3 Å². The number of ether oxygens (including phenoxy) is 1. The van der Waals surface area contributed by atoms with Crippen LogP contribution in [0.3, 0.4) is 0 Å². The number of esters is 1. The Morgan fingerprint density at radius 2 is 2.33 bits per heavy atom. The second kappa shape index (κ2) is 4.68. The first-order valence-electron chi connectivity index (χ1n) is 4.21. The Balaban J connectivity index is 3.09. The largest absolute Gasteiger partial charge is 0.505 e. The number of carbonyl (C=O) groups is 1. The van der Waals surface area contributed by atoms with E-state index >= 15 is 0 Å². The van der Waals surface area contributed by atoms with Gasteiger partial charge in [-0.2, -0.15) is 0 Å². The Morgan fingerprint density at radius 3 is 2.87 bits per heavy atom. The molecule has 0 atom stereocenters. The number of pyridine rings is 1. The fourth-order valence-corrected chi connectivity index (χ4v) is 0.994. The standard InChI is InChI=1S/C9H9F2NO3/c1-2-15-9(14)6-7(13)5(8(10)11)3-4-12-6/h3-4,8,13H,2H2,1H3. The van der Waals surface area contributed by atoms with E-state index in [-0.39, 0.29) is 6.61 Å². The average molecular weight is 217 g/mol. The summed E-state index contributed by atoms with van der Waals surface area (Å²) in [6.45, 7) is 1.64. The fourth-order valence-electron chi connectivity index (χ4n) is 0.994. The molecular weight excluding hydrogens is 208 g/mol. The second-order valence-electron chi connectivity index (χ2n) is 2.62. The maximum absolute atomic E-state index is 12.3. The number of halogens is 2. The smallest absolute Gasteiger partial charge is 0.360 e. The zero-order chi connectivity index (χ0) is 11.4. The third-order valence-corrected chi connectivity index (χ3v) is 1.66. The SMILES string of the molecule is CCOC(=O)c1nccc(C(F)F)c1O. The molecule has 1 N–H and O–H groups in total. The Bertz CT molecular complexity index is 368. The molecule has 0 aliphatic rings. The highest BCUT2D eigenvalue weighted by atomic mass is 19.3. The van der Waals surface area contributed by atoms with Crippen molar-refractivity contribution in [2.45, 2.75) is 13.3 Å². The number of nitrogens with zero attached hydrogens (tertiary/aromatic N) is 1. The lowest BCUT2D eigenvalue weighted by Gasteiger charge is -2.06. The first kappa shape index (κ1) is 11.4. The van der Waals surface area contributed by atoms with Crippen molar-refractivity contribution < 1.29 is 23.4 Å². The van der Waals surface area contributed by atoms with Crippen molar-refractivity contribution in [3.63, 3.8) is 0 Å². The number of aromatic hydroxyl groups is 1. The number of hydrogen-bond acceptors (Lipinski definition) is 4. The quantitative estimate of drug-likeness (QED) is 0.785. The van der Waals surface area contributed by atoms with Crippen LogP contribution >= 0.6 is 0 Å². The highest BCUT2D eigenvalue weighted by molar-refractivity contribution is 5.90. The molecule has 1 heterocycles. The van der Waals surface area contributed by atoms with Gasteiger partial charge in [0, 0.05) is 6.20 Å². The molecule has 6 heteroatoms. The van der Waals surface area contributed by atoms with E-state index in [2.05, 4.69) is 9.72 Å². The number of carbonyl (C=O) groups excluding carboxylic acids is 1. The predicted molar refractivity (Wildman–Crippen MR) is 46.8 cm³/mol. The summed E-state index contributed by atoms with van der Waals surface area (Å²) >= 11 is 0. The molecule has 0 bridgehead atoms.